The highest BCUT2D eigenvalue weighted by atomic mass is 31.2. The van der Waals surface area contributed by atoms with Gasteiger partial charge in [-0.2, -0.15) is 5.26 Å². The van der Waals surface area contributed by atoms with Crippen LogP contribution in [-0.4, -0.2) is 37.8 Å². The maximum Gasteiger partial charge on any atom is 0.167 e. The molecule has 0 bridgehead atoms. The monoisotopic (exact) mass is 291 g/mol. The molecule has 0 saturated carbocycles. The van der Waals surface area contributed by atoms with E-state index in [1.54, 1.807) is 6.66 Å². The molecule has 1 aliphatic rings. The molecule has 1 aliphatic heterocycles. The number of rotatable bonds is 6. The molecule has 0 N–H and O–H groups in total. The maximum absolute atomic E-state index is 14.4. The standard InChI is InChI=1S/C13H23FNO3P/c1-5-11-13(12(14)9(2)10(3)17-11)18-19(4)16-8-6-7-15/h9-13H,5-6,8H2,1-4H3/t9-,10?,11-,12+,13-,19?/m1/s1. The smallest absolute Gasteiger partial charge is 0.167 e. The minimum atomic E-state index is -1.18. The molecule has 4 nitrogen and oxygen atoms in total. The average Bonchev–Trinajstić information content (AvgIpc) is 2.39. The van der Waals surface area contributed by atoms with Crippen molar-refractivity contribution in [1.82, 2.24) is 0 Å². The van der Waals surface area contributed by atoms with Gasteiger partial charge in [0.1, 0.15) is 12.3 Å². The molecular formula is C13H23FNO3P. The summed E-state index contributed by atoms with van der Waals surface area (Å²) in [7, 11) is -1.18. The summed E-state index contributed by atoms with van der Waals surface area (Å²) in [5, 5.41) is 8.44. The Labute approximate surface area is 116 Å². The van der Waals surface area contributed by atoms with E-state index in [9.17, 15) is 4.39 Å². The molecule has 1 fully saturated rings. The topological polar surface area (TPSA) is 51.5 Å². The second kappa shape index (κ2) is 8.11. The summed E-state index contributed by atoms with van der Waals surface area (Å²) in [6, 6.07) is 2.00. The molecule has 0 aromatic rings. The van der Waals surface area contributed by atoms with Crippen molar-refractivity contribution in [3.63, 3.8) is 0 Å². The van der Waals surface area contributed by atoms with Crippen LogP contribution >= 0.6 is 8.38 Å². The number of hydrogen-bond acceptors (Lipinski definition) is 4. The third-order valence-electron chi connectivity index (χ3n) is 3.47. The lowest BCUT2D eigenvalue weighted by atomic mass is 9.89. The highest BCUT2D eigenvalue weighted by Crippen LogP contribution is 2.41. The second-order valence-corrected chi connectivity index (χ2v) is 6.19. The molecule has 0 aliphatic carbocycles. The molecule has 1 heterocycles. The molecular weight excluding hydrogens is 268 g/mol. The van der Waals surface area contributed by atoms with Crippen LogP contribution < -0.4 is 0 Å². The minimum absolute atomic E-state index is 0.0950. The molecule has 0 amide bonds. The molecule has 19 heavy (non-hydrogen) atoms. The molecule has 1 saturated heterocycles. The lowest BCUT2D eigenvalue weighted by Crippen LogP contribution is -2.51. The van der Waals surface area contributed by atoms with E-state index in [0.717, 1.165) is 0 Å². The molecule has 6 heteroatoms. The van der Waals surface area contributed by atoms with E-state index in [4.69, 9.17) is 19.0 Å². The molecule has 0 aromatic heterocycles. The second-order valence-electron chi connectivity index (χ2n) is 4.84. The molecule has 6 atom stereocenters. The fourth-order valence-corrected chi connectivity index (χ4v) is 3.12. The van der Waals surface area contributed by atoms with Crippen LogP contribution in [0.3, 0.4) is 0 Å². The third kappa shape index (κ3) is 4.65. The van der Waals surface area contributed by atoms with Gasteiger partial charge in [-0.05, 0) is 13.3 Å². The van der Waals surface area contributed by atoms with Crippen molar-refractivity contribution in [2.45, 2.75) is 58.1 Å². The largest absolute Gasteiger partial charge is 0.372 e. The van der Waals surface area contributed by atoms with E-state index >= 15 is 0 Å². The first-order valence-electron chi connectivity index (χ1n) is 6.71. The van der Waals surface area contributed by atoms with Crippen LogP contribution in [-0.2, 0) is 13.8 Å². The Bertz CT molecular complexity index is 311. The zero-order valence-corrected chi connectivity index (χ0v) is 12.9. The zero-order valence-electron chi connectivity index (χ0n) is 12.0. The van der Waals surface area contributed by atoms with E-state index in [2.05, 4.69) is 0 Å². The summed E-state index contributed by atoms with van der Waals surface area (Å²) in [5.74, 6) is -0.185. The van der Waals surface area contributed by atoms with Crippen molar-refractivity contribution in [3.8, 4) is 6.07 Å². The van der Waals surface area contributed by atoms with Gasteiger partial charge in [0.2, 0.25) is 0 Å². The van der Waals surface area contributed by atoms with Gasteiger partial charge in [-0.3, -0.25) is 0 Å². The van der Waals surface area contributed by atoms with Gasteiger partial charge < -0.3 is 13.8 Å². The SMILES string of the molecule is CC[C@H]1OC(C)[C@@H](C)[C@H](F)[C@@H]1OP(C)OCCC#N. The van der Waals surface area contributed by atoms with Crippen molar-refractivity contribution >= 4 is 8.38 Å². The Morgan fingerprint density at radius 2 is 2.11 bits per heavy atom. The van der Waals surface area contributed by atoms with Crippen LogP contribution in [0.1, 0.15) is 33.6 Å². The summed E-state index contributed by atoms with van der Waals surface area (Å²) in [4.78, 5) is 0. The summed E-state index contributed by atoms with van der Waals surface area (Å²) < 4.78 is 31.3. The lowest BCUT2D eigenvalue weighted by Gasteiger charge is -2.41. The molecule has 1 rings (SSSR count). The van der Waals surface area contributed by atoms with Crippen molar-refractivity contribution in [1.29, 1.82) is 5.26 Å². The predicted octanol–water partition coefficient (Wildman–Crippen LogP) is 3.42. The summed E-state index contributed by atoms with van der Waals surface area (Å²) in [5.41, 5.74) is 0. The molecule has 0 aromatic carbocycles. The summed E-state index contributed by atoms with van der Waals surface area (Å²) >= 11 is 0. The van der Waals surface area contributed by atoms with E-state index in [0.29, 0.717) is 19.4 Å². The van der Waals surface area contributed by atoms with Crippen LogP contribution in [0.2, 0.25) is 0 Å². The van der Waals surface area contributed by atoms with E-state index in [1.807, 2.05) is 26.8 Å². The molecule has 0 spiro atoms. The van der Waals surface area contributed by atoms with Crippen LogP contribution in [0.5, 0.6) is 0 Å². The Balaban J connectivity index is 2.55. The maximum atomic E-state index is 14.4. The number of nitrogens with zero attached hydrogens (tertiary/aromatic N) is 1. The highest BCUT2D eigenvalue weighted by molar-refractivity contribution is 7.46. The molecule has 110 valence electrons. The van der Waals surface area contributed by atoms with Crippen molar-refractivity contribution in [2.75, 3.05) is 13.3 Å². The van der Waals surface area contributed by atoms with Gasteiger partial charge in [0.15, 0.2) is 8.38 Å². The van der Waals surface area contributed by atoms with Gasteiger partial charge in [-0.1, -0.05) is 13.8 Å². The number of ether oxygens (including phenoxy) is 1. The fraction of sp³-hybridized carbons (Fsp3) is 0.923. The summed E-state index contributed by atoms with van der Waals surface area (Å²) in [6.45, 7) is 7.81. The third-order valence-corrected chi connectivity index (χ3v) is 4.56. The predicted molar refractivity (Wildman–Crippen MR) is 72.6 cm³/mol. The van der Waals surface area contributed by atoms with Crippen molar-refractivity contribution in [2.24, 2.45) is 5.92 Å². The van der Waals surface area contributed by atoms with Crippen LogP contribution in [0, 0.1) is 17.2 Å². The van der Waals surface area contributed by atoms with Gasteiger partial charge in [0.25, 0.3) is 0 Å². The number of hydrogen-bond donors (Lipinski definition) is 0. The Hall–Kier alpha value is -0.270. The Morgan fingerprint density at radius 3 is 2.68 bits per heavy atom. The Morgan fingerprint density at radius 1 is 1.42 bits per heavy atom. The first kappa shape index (κ1) is 16.8. The molecule has 0 radical (unpaired) electrons. The minimum Gasteiger partial charge on any atom is -0.372 e. The van der Waals surface area contributed by atoms with Crippen molar-refractivity contribution < 1.29 is 18.2 Å². The fourth-order valence-electron chi connectivity index (χ4n) is 2.12. The highest BCUT2D eigenvalue weighted by Gasteiger charge is 2.43. The van der Waals surface area contributed by atoms with E-state index < -0.39 is 20.7 Å². The van der Waals surface area contributed by atoms with Gasteiger partial charge in [0, 0.05) is 12.6 Å². The van der Waals surface area contributed by atoms with Gasteiger partial charge in [-0.15, -0.1) is 0 Å². The number of nitriles is 1. The van der Waals surface area contributed by atoms with E-state index in [-0.39, 0.29) is 18.1 Å². The van der Waals surface area contributed by atoms with Gasteiger partial charge in [0.05, 0.1) is 31.3 Å². The number of alkyl halides is 1. The zero-order chi connectivity index (χ0) is 14.4. The Kier molecular flexibility index (Phi) is 7.17. The average molecular weight is 291 g/mol. The quantitative estimate of drug-likeness (QED) is 0.556. The van der Waals surface area contributed by atoms with Crippen LogP contribution in [0.4, 0.5) is 4.39 Å². The van der Waals surface area contributed by atoms with Crippen LogP contribution in [0.15, 0.2) is 0 Å². The van der Waals surface area contributed by atoms with Gasteiger partial charge >= 0.3 is 0 Å². The first-order chi connectivity index (χ1) is 9.01. The first-order valence-corrected chi connectivity index (χ1v) is 8.33. The van der Waals surface area contributed by atoms with E-state index in [1.165, 1.54) is 0 Å². The molecule has 2 unspecified atom stereocenters. The van der Waals surface area contributed by atoms with Crippen molar-refractivity contribution in [3.05, 3.63) is 0 Å². The summed E-state index contributed by atoms with van der Waals surface area (Å²) in [6.07, 6.45) is -0.912. The number of halogens is 1. The van der Waals surface area contributed by atoms with Gasteiger partial charge in [-0.25, -0.2) is 4.39 Å². The lowest BCUT2D eigenvalue weighted by molar-refractivity contribution is -0.162. The van der Waals surface area contributed by atoms with Crippen LogP contribution in [0.25, 0.3) is 0 Å². The normalized spacial score (nSPS) is 36.7.